The quantitative estimate of drug-likeness (QED) is 0.894. The molecule has 1 rings (SSSR count). The second-order valence-electron chi connectivity index (χ2n) is 4.07. The lowest BCUT2D eigenvalue weighted by Gasteiger charge is -2.16. The minimum absolute atomic E-state index is 0.0526. The minimum Gasteiger partial charge on any atom is -0.324 e. The summed E-state index contributed by atoms with van der Waals surface area (Å²) in [5, 5.41) is 2.13. The second kappa shape index (κ2) is 6.25. The molecule has 1 aromatic carbocycles. The number of hydrogen-bond acceptors (Lipinski definition) is 2. The van der Waals surface area contributed by atoms with Crippen molar-refractivity contribution in [2.45, 2.75) is 32.0 Å². The summed E-state index contributed by atoms with van der Waals surface area (Å²) in [6.45, 7) is 1.83. The van der Waals surface area contributed by atoms with E-state index in [1.165, 1.54) is 6.07 Å². The molecule has 0 aliphatic rings. The van der Waals surface area contributed by atoms with Crippen molar-refractivity contribution in [3.05, 3.63) is 28.8 Å². The van der Waals surface area contributed by atoms with Crippen LogP contribution in [-0.4, -0.2) is 11.9 Å². The van der Waals surface area contributed by atoms with Gasteiger partial charge in [0.2, 0.25) is 5.91 Å². The van der Waals surface area contributed by atoms with Crippen molar-refractivity contribution in [3.8, 4) is 0 Å². The lowest BCUT2D eigenvalue weighted by molar-refractivity contribution is -0.137. The molecule has 0 aromatic heterocycles. The van der Waals surface area contributed by atoms with Gasteiger partial charge in [0, 0.05) is 5.02 Å². The Balaban J connectivity index is 2.98. The van der Waals surface area contributed by atoms with Crippen LogP contribution in [0.1, 0.15) is 25.3 Å². The van der Waals surface area contributed by atoms with Crippen LogP contribution in [0.5, 0.6) is 0 Å². The molecule has 0 heterocycles. The van der Waals surface area contributed by atoms with Crippen molar-refractivity contribution in [3.63, 3.8) is 0 Å². The first-order valence-corrected chi connectivity index (χ1v) is 6.06. The van der Waals surface area contributed by atoms with Crippen LogP contribution in [-0.2, 0) is 11.0 Å². The molecule has 7 heteroatoms. The highest BCUT2D eigenvalue weighted by Crippen LogP contribution is 2.36. The van der Waals surface area contributed by atoms with Gasteiger partial charge in [-0.3, -0.25) is 4.79 Å². The summed E-state index contributed by atoms with van der Waals surface area (Å²) in [4.78, 5) is 11.6. The molecule has 0 radical (unpaired) electrons. The first-order chi connectivity index (χ1) is 8.75. The highest BCUT2D eigenvalue weighted by Gasteiger charge is 2.34. The fourth-order valence-electron chi connectivity index (χ4n) is 1.53. The van der Waals surface area contributed by atoms with Gasteiger partial charge in [-0.25, -0.2) is 0 Å². The molecule has 0 aliphatic carbocycles. The molecule has 19 heavy (non-hydrogen) atoms. The Kier molecular flexibility index (Phi) is 5.20. The fourth-order valence-corrected chi connectivity index (χ4v) is 1.70. The highest BCUT2D eigenvalue weighted by molar-refractivity contribution is 6.30. The maximum atomic E-state index is 12.8. The topological polar surface area (TPSA) is 55.1 Å². The Hall–Kier alpha value is -1.27. The van der Waals surface area contributed by atoms with E-state index < -0.39 is 23.7 Å². The van der Waals surface area contributed by atoms with E-state index in [9.17, 15) is 18.0 Å². The molecular weight excluding hydrogens is 281 g/mol. The Morgan fingerprint density at radius 3 is 2.63 bits per heavy atom. The van der Waals surface area contributed by atoms with Crippen molar-refractivity contribution in [1.29, 1.82) is 0 Å². The molecule has 0 fully saturated rings. The molecule has 0 aliphatic heterocycles. The predicted molar refractivity (Wildman–Crippen MR) is 68.0 cm³/mol. The molecule has 1 amide bonds. The van der Waals surface area contributed by atoms with Crippen molar-refractivity contribution in [2.24, 2.45) is 5.73 Å². The third-order valence-corrected chi connectivity index (χ3v) is 2.72. The minimum atomic E-state index is -4.59. The normalized spacial score (nSPS) is 13.2. The number of rotatable bonds is 4. The Labute approximate surface area is 113 Å². The van der Waals surface area contributed by atoms with E-state index in [0.717, 1.165) is 12.1 Å². The van der Waals surface area contributed by atoms with Crippen molar-refractivity contribution < 1.29 is 18.0 Å². The summed E-state index contributed by atoms with van der Waals surface area (Å²) >= 11 is 5.53. The molecule has 1 atom stereocenters. The molecule has 0 bridgehead atoms. The zero-order valence-corrected chi connectivity index (χ0v) is 11.0. The van der Waals surface area contributed by atoms with Crippen LogP contribution in [0.4, 0.5) is 18.9 Å². The first-order valence-electron chi connectivity index (χ1n) is 5.69. The lowest BCUT2D eigenvalue weighted by atomic mass is 10.1. The molecule has 0 unspecified atom stereocenters. The number of nitrogens with two attached hydrogens (primary N) is 1. The number of benzene rings is 1. The van der Waals surface area contributed by atoms with Gasteiger partial charge < -0.3 is 11.1 Å². The summed E-state index contributed by atoms with van der Waals surface area (Å²) in [6.07, 6.45) is -3.52. The van der Waals surface area contributed by atoms with Crippen LogP contribution in [0.15, 0.2) is 18.2 Å². The summed E-state index contributed by atoms with van der Waals surface area (Å²) in [7, 11) is 0. The van der Waals surface area contributed by atoms with Crippen LogP contribution >= 0.6 is 11.6 Å². The van der Waals surface area contributed by atoms with Gasteiger partial charge in [-0.2, -0.15) is 13.2 Å². The molecule has 0 saturated heterocycles. The molecule has 1 aromatic rings. The zero-order chi connectivity index (χ0) is 14.6. The average Bonchev–Trinajstić information content (AvgIpc) is 2.30. The third kappa shape index (κ3) is 4.40. The van der Waals surface area contributed by atoms with E-state index >= 15 is 0 Å². The predicted octanol–water partition coefficient (Wildman–Crippen LogP) is 3.42. The van der Waals surface area contributed by atoms with E-state index in [1.807, 2.05) is 6.92 Å². The zero-order valence-electron chi connectivity index (χ0n) is 10.2. The number of halogens is 4. The number of carbonyl (C=O) groups excluding carboxylic acids is 1. The maximum Gasteiger partial charge on any atom is 0.418 e. The van der Waals surface area contributed by atoms with Crippen LogP contribution in [0.25, 0.3) is 0 Å². The fraction of sp³-hybridized carbons (Fsp3) is 0.417. The van der Waals surface area contributed by atoms with Gasteiger partial charge in [-0.1, -0.05) is 24.9 Å². The van der Waals surface area contributed by atoms with E-state index in [-0.39, 0.29) is 10.7 Å². The second-order valence-corrected chi connectivity index (χ2v) is 4.51. The van der Waals surface area contributed by atoms with Gasteiger partial charge in [-0.05, 0) is 24.6 Å². The van der Waals surface area contributed by atoms with Crippen molar-refractivity contribution in [2.75, 3.05) is 5.32 Å². The summed E-state index contributed by atoms with van der Waals surface area (Å²) < 4.78 is 38.4. The first kappa shape index (κ1) is 15.8. The summed E-state index contributed by atoms with van der Waals surface area (Å²) in [5.41, 5.74) is 4.22. The van der Waals surface area contributed by atoms with Gasteiger partial charge >= 0.3 is 6.18 Å². The van der Waals surface area contributed by atoms with E-state index in [1.54, 1.807) is 0 Å². The van der Waals surface area contributed by atoms with Crippen LogP contribution in [0.2, 0.25) is 5.02 Å². The van der Waals surface area contributed by atoms with Crippen LogP contribution in [0.3, 0.4) is 0 Å². The van der Waals surface area contributed by atoms with E-state index in [2.05, 4.69) is 5.32 Å². The average molecular weight is 295 g/mol. The number of alkyl halides is 3. The number of amides is 1. The summed E-state index contributed by atoms with van der Waals surface area (Å²) in [6, 6.07) is 2.32. The Morgan fingerprint density at radius 2 is 2.11 bits per heavy atom. The van der Waals surface area contributed by atoms with Crippen molar-refractivity contribution >= 4 is 23.2 Å². The molecule has 106 valence electrons. The Bertz CT molecular complexity index is 463. The standard InChI is InChI=1S/C12H14ClF3N2O/c1-2-3-9(17)11(19)18-10-5-4-7(13)6-8(10)12(14,15)16/h4-6,9H,2-3,17H2,1H3,(H,18,19)/t9-/m1/s1. The largest absolute Gasteiger partial charge is 0.418 e. The molecular formula is C12H14ClF3N2O. The molecule has 3 N–H and O–H groups in total. The van der Waals surface area contributed by atoms with Crippen LogP contribution in [0, 0.1) is 0 Å². The number of nitrogens with one attached hydrogen (secondary N) is 1. The number of anilines is 1. The third-order valence-electron chi connectivity index (χ3n) is 2.48. The molecule has 0 spiro atoms. The van der Waals surface area contributed by atoms with Crippen molar-refractivity contribution in [1.82, 2.24) is 0 Å². The molecule has 0 saturated carbocycles. The van der Waals surface area contributed by atoms with Gasteiger partial charge in [0.25, 0.3) is 0 Å². The SMILES string of the molecule is CCC[C@@H](N)C(=O)Nc1ccc(Cl)cc1C(F)(F)F. The van der Waals surface area contributed by atoms with Crippen LogP contribution < -0.4 is 11.1 Å². The van der Waals surface area contributed by atoms with Gasteiger partial charge in [0.15, 0.2) is 0 Å². The summed E-state index contributed by atoms with van der Waals surface area (Å²) in [5.74, 6) is -0.644. The smallest absolute Gasteiger partial charge is 0.324 e. The van der Waals surface area contributed by atoms with Gasteiger partial charge in [0.1, 0.15) is 0 Å². The number of carbonyl (C=O) groups is 1. The monoisotopic (exact) mass is 294 g/mol. The highest BCUT2D eigenvalue weighted by atomic mass is 35.5. The maximum absolute atomic E-state index is 12.8. The lowest BCUT2D eigenvalue weighted by Crippen LogP contribution is -2.35. The van der Waals surface area contributed by atoms with Gasteiger partial charge in [0.05, 0.1) is 17.3 Å². The Morgan fingerprint density at radius 1 is 1.47 bits per heavy atom. The van der Waals surface area contributed by atoms with E-state index in [4.69, 9.17) is 17.3 Å². The van der Waals surface area contributed by atoms with E-state index in [0.29, 0.717) is 12.8 Å². The molecule has 3 nitrogen and oxygen atoms in total. The number of hydrogen-bond donors (Lipinski definition) is 2. The van der Waals surface area contributed by atoms with Gasteiger partial charge in [-0.15, -0.1) is 0 Å².